The molecule has 0 aromatic carbocycles. The van der Waals surface area contributed by atoms with Crippen molar-refractivity contribution < 1.29 is 4.74 Å². The highest BCUT2D eigenvalue weighted by molar-refractivity contribution is 4.71. The molecule has 2 heterocycles. The summed E-state index contributed by atoms with van der Waals surface area (Å²) in [6, 6.07) is 0. The molecule has 1 saturated heterocycles. The van der Waals surface area contributed by atoms with Crippen LogP contribution in [0, 0.1) is 6.92 Å². The molecule has 1 aliphatic heterocycles. The van der Waals surface area contributed by atoms with Crippen LogP contribution in [0.4, 0.5) is 0 Å². The first-order valence-electron chi connectivity index (χ1n) is 3.20. The number of hydrogen-bond donors (Lipinski definition) is 0. The van der Waals surface area contributed by atoms with Crippen molar-refractivity contribution in [1.29, 1.82) is 0 Å². The summed E-state index contributed by atoms with van der Waals surface area (Å²) in [5, 5.41) is 11.5. The third-order valence-electron chi connectivity index (χ3n) is 1.32. The summed E-state index contributed by atoms with van der Waals surface area (Å²) < 4.78 is 4.99. The Kier molecular flexibility index (Phi) is 1.17. The van der Waals surface area contributed by atoms with Gasteiger partial charge in [-0.1, -0.05) is 0 Å². The fourth-order valence-electron chi connectivity index (χ4n) is 0.756. The number of hydrogen-bond acceptors (Lipinski definition) is 4. The zero-order valence-electron chi connectivity index (χ0n) is 5.69. The second-order valence-corrected chi connectivity index (χ2v) is 2.35. The van der Waals surface area contributed by atoms with Gasteiger partial charge in [0.15, 0.2) is 5.82 Å². The number of nitrogens with zero attached hydrogens (tertiary/aromatic N) is 4. The molecular formula is C5H8N4O. The van der Waals surface area contributed by atoms with E-state index in [0.29, 0.717) is 11.9 Å². The average Bonchev–Trinajstić information content (AvgIpc) is 2.59. The Bertz CT molecular complexity index is 229. The van der Waals surface area contributed by atoms with E-state index in [1.165, 1.54) is 0 Å². The number of epoxide rings is 1. The SMILES string of the molecule is Cc1nnn(CC2CO2)n1. The minimum Gasteiger partial charge on any atom is -0.371 e. The lowest BCUT2D eigenvalue weighted by Gasteiger charge is -1.89. The zero-order chi connectivity index (χ0) is 6.97. The van der Waals surface area contributed by atoms with Crippen LogP contribution in [0.25, 0.3) is 0 Å². The van der Waals surface area contributed by atoms with Gasteiger partial charge in [-0.2, -0.15) is 4.80 Å². The first-order chi connectivity index (χ1) is 4.84. The Hall–Kier alpha value is -0.970. The van der Waals surface area contributed by atoms with Crippen LogP contribution in [0.3, 0.4) is 0 Å². The van der Waals surface area contributed by atoms with Crippen molar-refractivity contribution in [2.75, 3.05) is 6.61 Å². The van der Waals surface area contributed by atoms with Gasteiger partial charge in [-0.25, -0.2) is 0 Å². The molecule has 0 N–H and O–H groups in total. The van der Waals surface area contributed by atoms with Crippen LogP contribution in [0.5, 0.6) is 0 Å². The van der Waals surface area contributed by atoms with Gasteiger partial charge in [0.25, 0.3) is 0 Å². The van der Waals surface area contributed by atoms with Crippen LogP contribution in [0.15, 0.2) is 0 Å². The molecule has 10 heavy (non-hydrogen) atoms. The molecule has 1 aromatic rings. The lowest BCUT2D eigenvalue weighted by atomic mass is 10.5. The molecule has 0 amide bonds. The molecule has 0 saturated carbocycles. The van der Waals surface area contributed by atoms with Crippen LogP contribution in [-0.2, 0) is 11.3 Å². The summed E-state index contributed by atoms with van der Waals surface area (Å²) in [6.07, 6.45) is 0.327. The Morgan fingerprint density at radius 3 is 3.10 bits per heavy atom. The maximum atomic E-state index is 4.99. The molecule has 1 atom stereocenters. The fraction of sp³-hybridized carbons (Fsp3) is 0.800. The fourth-order valence-corrected chi connectivity index (χ4v) is 0.756. The third kappa shape index (κ3) is 1.13. The van der Waals surface area contributed by atoms with Gasteiger partial charge in [0.2, 0.25) is 0 Å². The minimum absolute atomic E-state index is 0.327. The Balaban J connectivity index is 2.03. The second-order valence-electron chi connectivity index (χ2n) is 2.35. The molecule has 0 spiro atoms. The van der Waals surface area contributed by atoms with Gasteiger partial charge in [0.1, 0.15) is 6.10 Å². The van der Waals surface area contributed by atoms with Gasteiger partial charge < -0.3 is 4.74 Å². The van der Waals surface area contributed by atoms with Gasteiger partial charge in [0.05, 0.1) is 13.2 Å². The summed E-state index contributed by atoms with van der Waals surface area (Å²) in [5.74, 6) is 0.709. The van der Waals surface area contributed by atoms with Gasteiger partial charge in [-0.15, -0.1) is 10.2 Å². The van der Waals surface area contributed by atoms with Crippen LogP contribution in [0.2, 0.25) is 0 Å². The highest BCUT2D eigenvalue weighted by Gasteiger charge is 2.23. The van der Waals surface area contributed by atoms with Crippen LogP contribution in [-0.4, -0.2) is 32.9 Å². The van der Waals surface area contributed by atoms with E-state index < -0.39 is 0 Å². The van der Waals surface area contributed by atoms with Gasteiger partial charge >= 0.3 is 0 Å². The summed E-state index contributed by atoms with van der Waals surface area (Å²) in [4.78, 5) is 1.56. The van der Waals surface area contributed by atoms with E-state index in [1.54, 1.807) is 4.80 Å². The quantitative estimate of drug-likeness (QED) is 0.514. The van der Waals surface area contributed by atoms with Crippen LogP contribution < -0.4 is 0 Å². The largest absolute Gasteiger partial charge is 0.371 e. The molecule has 1 fully saturated rings. The van der Waals surface area contributed by atoms with Crippen LogP contribution >= 0.6 is 0 Å². The molecule has 1 aliphatic rings. The predicted octanol–water partition coefficient (Wildman–Crippen LogP) is -0.620. The summed E-state index contributed by atoms with van der Waals surface area (Å²) in [7, 11) is 0. The molecule has 0 radical (unpaired) electrons. The minimum atomic E-state index is 0.327. The maximum Gasteiger partial charge on any atom is 0.171 e. The number of rotatable bonds is 2. The number of tetrazole rings is 1. The molecule has 1 aromatic heterocycles. The molecular weight excluding hydrogens is 132 g/mol. The van der Waals surface area contributed by atoms with Crippen molar-refractivity contribution in [2.24, 2.45) is 0 Å². The maximum absolute atomic E-state index is 4.99. The molecule has 5 nitrogen and oxygen atoms in total. The monoisotopic (exact) mass is 140 g/mol. The second kappa shape index (κ2) is 2.02. The normalized spacial score (nSPS) is 23.1. The van der Waals surface area contributed by atoms with E-state index in [4.69, 9.17) is 4.74 Å². The lowest BCUT2D eigenvalue weighted by molar-refractivity contribution is 0.357. The molecule has 54 valence electrons. The number of aromatic nitrogens is 4. The van der Waals surface area contributed by atoms with Crippen molar-refractivity contribution in [1.82, 2.24) is 20.2 Å². The van der Waals surface area contributed by atoms with Gasteiger partial charge in [0, 0.05) is 0 Å². The average molecular weight is 140 g/mol. The van der Waals surface area contributed by atoms with Crippen molar-refractivity contribution in [2.45, 2.75) is 19.6 Å². The van der Waals surface area contributed by atoms with E-state index in [9.17, 15) is 0 Å². The van der Waals surface area contributed by atoms with Crippen molar-refractivity contribution in [3.8, 4) is 0 Å². The van der Waals surface area contributed by atoms with Gasteiger partial charge in [-0.05, 0) is 12.1 Å². The summed E-state index contributed by atoms with van der Waals surface area (Å²) in [6.45, 7) is 3.39. The molecule has 0 bridgehead atoms. The summed E-state index contributed by atoms with van der Waals surface area (Å²) in [5.41, 5.74) is 0. The summed E-state index contributed by atoms with van der Waals surface area (Å²) >= 11 is 0. The van der Waals surface area contributed by atoms with E-state index in [-0.39, 0.29) is 0 Å². The van der Waals surface area contributed by atoms with E-state index in [2.05, 4.69) is 15.4 Å². The van der Waals surface area contributed by atoms with Crippen molar-refractivity contribution in [3.63, 3.8) is 0 Å². The van der Waals surface area contributed by atoms with E-state index >= 15 is 0 Å². The Morgan fingerprint density at radius 1 is 1.80 bits per heavy atom. The predicted molar refractivity (Wildman–Crippen MR) is 32.3 cm³/mol. The Labute approximate surface area is 58.0 Å². The molecule has 0 aliphatic carbocycles. The first kappa shape index (κ1) is 5.79. The van der Waals surface area contributed by atoms with E-state index in [1.807, 2.05) is 6.92 Å². The number of ether oxygens (including phenoxy) is 1. The zero-order valence-corrected chi connectivity index (χ0v) is 5.69. The van der Waals surface area contributed by atoms with Gasteiger partial charge in [-0.3, -0.25) is 0 Å². The molecule has 1 unspecified atom stereocenters. The topological polar surface area (TPSA) is 56.1 Å². The highest BCUT2D eigenvalue weighted by atomic mass is 16.6. The van der Waals surface area contributed by atoms with E-state index in [0.717, 1.165) is 13.2 Å². The third-order valence-corrected chi connectivity index (χ3v) is 1.32. The number of aryl methyl sites for hydroxylation is 1. The van der Waals surface area contributed by atoms with Crippen molar-refractivity contribution >= 4 is 0 Å². The van der Waals surface area contributed by atoms with Crippen molar-refractivity contribution in [3.05, 3.63) is 5.82 Å². The smallest absolute Gasteiger partial charge is 0.171 e. The highest BCUT2D eigenvalue weighted by Crippen LogP contribution is 2.09. The standard InChI is InChI=1S/C5H8N4O/c1-4-6-8-9(7-4)2-5-3-10-5/h5H,2-3H2,1H3. The first-order valence-corrected chi connectivity index (χ1v) is 3.20. The van der Waals surface area contributed by atoms with Crippen LogP contribution in [0.1, 0.15) is 5.82 Å². The Morgan fingerprint density at radius 2 is 2.60 bits per heavy atom. The lowest BCUT2D eigenvalue weighted by Crippen LogP contribution is -2.07. The molecule has 5 heteroatoms. The molecule has 2 rings (SSSR count).